The van der Waals surface area contributed by atoms with Crippen LogP contribution in [0.5, 0.6) is 0 Å². The van der Waals surface area contributed by atoms with E-state index in [1.54, 1.807) is 60.7 Å². The summed E-state index contributed by atoms with van der Waals surface area (Å²) in [5.74, 6) is -0.970. The molecule has 0 spiro atoms. The lowest BCUT2D eigenvalue weighted by Crippen LogP contribution is -2.32. The van der Waals surface area contributed by atoms with Crippen molar-refractivity contribution >= 4 is 39.8 Å². The third kappa shape index (κ3) is 8.05. The maximum atomic E-state index is 13.3. The van der Waals surface area contributed by atoms with Crippen LogP contribution in [-0.2, 0) is 27.5 Å². The fourth-order valence-corrected chi connectivity index (χ4v) is 5.61. The van der Waals surface area contributed by atoms with E-state index in [-0.39, 0.29) is 41.1 Å². The fourth-order valence-electron chi connectivity index (χ4n) is 3.91. The summed E-state index contributed by atoms with van der Waals surface area (Å²) in [5, 5.41) is 23.3. The zero-order valence-electron chi connectivity index (χ0n) is 20.1. The van der Waals surface area contributed by atoms with E-state index in [1.807, 2.05) is 19.9 Å². The van der Waals surface area contributed by atoms with Crippen LogP contribution in [0.15, 0.2) is 76.5 Å². The third-order valence-electron chi connectivity index (χ3n) is 5.78. The highest BCUT2D eigenvalue weighted by Crippen LogP contribution is 2.27. The SMILES string of the molecule is Cc1ccc(S(=O)(=O)c2ccc(C[C@@H](C)NC[C@H](O)c3cccc(Cl)c3)cc2)c(CCC(=O)O)c1.Cl. The van der Waals surface area contributed by atoms with Crippen LogP contribution in [0.2, 0.25) is 5.02 Å². The first-order chi connectivity index (χ1) is 16.6. The molecule has 3 N–H and O–H groups in total. The van der Waals surface area contributed by atoms with Crippen LogP contribution in [0.1, 0.15) is 41.7 Å². The van der Waals surface area contributed by atoms with E-state index >= 15 is 0 Å². The number of carbonyl (C=O) groups is 1. The van der Waals surface area contributed by atoms with Crippen molar-refractivity contribution in [3.8, 4) is 0 Å². The monoisotopic (exact) mass is 551 g/mol. The number of benzene rings is 3. The molecule has 0 aliphatic rings. The quantitative estimate of drug-likeness (QED) is 0.303. The highest BCUT2D eigenvalue weighted by atomic mass is 35.5. The Kier molecular flexibility index (Phi) is 10.9. The zero-order chi connectivity index (χ0) is 25.6. The van der Waals surface area contributed by atoms with Gasteiger partial charge in [0.05, 0.1) is 15.9 Å². The summed E-state index contributed by atoms with van der Waals surface area (Å²) in [6, 6.07) is 18.9. The number of rotatable bonds is 11. The van der Waals surface area contributed by atoms with E-state index in [9.17, 15) is 18.3 Å². The van der Waals surface area contributed by atoms with Crippen molar-refractivity contribution in [1.82, 2.24) is 5.32 Å². The minimum Gasteiger partial charge on any atom is -0.481 e. The first-order valence-corrected chi connectivity index (χ1v) is 13.2. The van der Waals surface area contributed by atoms with Crippen LogP contribution in [0.3, 0.4) is 0 Å². The van der Waals surface area contributed by atoms with E-state index in [2.05, 4.69) is 5.32 Å². The summed E-state index contributed by atoms with van der Waals surface area (Å²) in [6.07, 6.45) is -0.0272. The molecule has 0 fully saturated rings. The summed E-state index contributed by atoms with van der Waals surface area (Å²) in [4.78, 5) is 11.3. The van der Waals surface area contributed by atoms with Gasteiger partial charge < -0.3 is 15.5 Å². The predicted molar refractivity (Wildman–Crippen MR) is 144 cm³/mol. The molecule has 0 unspecified atom stereocenters. The molecule has 6 nitrogen and oxygen atoms in total. The Balaban J connectivity index is 0.00000456. The first kappa shape index (κ1) is 29.8. The second kappa shape index (κ2) is 13.2. The van der Waals surface area contributed by atoms with E-state index in [0.29, 0.717) is 23.6 Å². The molecule has 0 amide bonds. The molecule has 0 aliphatic heterocycles. The van der Waals surface area contributed by atoms with Gasteiger partial charge in [0.2, 0.25) is 9.84 Å². The van der Waals surface area contributed by atoms with Gasteiger partial charge in [0.15, 0.2) is 0 Å². The van der Waals surface area contributed by atoms with E-state index in [4.69, 9.17) is 16.7 Å². The normalized spacial score (nSPS) is 13.0. The summed E-state index contributed by atoms with van der Waals surface area (Å²) < 4.78 is 26.6. The van der Waals surface area contributed by atoms with Crippen LogP contribution >= 0.6 is 24.0 Å². The van der Waals surface area contributed by atoms with Crippen LogP contribution < -0.4 is 5.32 Å². The molecule has 3 aromatic carbocycles. The molecular weight excluding hydrogens is 521 g/mol. The summed E-state index contributed by atoms with van der Waals surface area (Å²) in [7, 11) is -3.79. The molecule has 9 heteroatoms. The molecule has 2 atom stereocenters. The van der Waals surface area contributed by atoms with E-state index < -0.39 is 21.9 Å². The molecule has 36 heavy (non-hydrogen) atoms. The minimum absolute atomic E-state index is 0. The van der Waals surface area contributed by atoms with Gasteiger partial charge in [0.1, 0.15) is 0 Å². The van der Waals surface area contributed by atoms with Gasteiger partial charge in [-0.15, -0.1) is 12.4 Å². The number of halogens is 2. The Morgan fingerprint density at radius 1 is 1.06 bits per heavy atom. The summed E-state index contributed by atoms with van der Waals surface area (Å²) >= 11 is 5.99. The summed E-state index contributed by atoms with van der Waals surface area (Å²) in [6.45, 7) is 4.20. The van der Waals surface area contributed by atoms with Crippen molar-refractivity contribution in [2.75, 3.05) is 6.54 Å². The number of nitrogens with one attached hydrogen (secondary N) is 1. The molecule has 0 heterocycles. The number of carboxylic acid groups (broad SMARTS) is 1. The topological polar surface area (TPSA) is 104 Å². The molecule has 0 saturated carbocycles. The Labute approximate surface area is 223 Å². The molecule has 0 saturated heterocycles. The van der Waals surface area contributed by atoms with Crippen LogP contribution in [-0.4, -0.2) is 37.2 Å². The lowest BCUT2D eigenvalue weighted by Gasteiger charge is -2.18. The molecular formula is C27H31Cl2NO5S. The molecule has 194 valence electrons. The Hall–Kier alpha value is -2.42. The standard InChI is InChI=1S/C27H30ClNO5S.ClH/c1-18-6-12-26(22(14-18)9-13-27(31)32)35(33,34)24-10-7-20(8-11-24)15-19(2)29-17-25(30)21-4-3-5-23(28)16-21;/h3-8,10-12,14,16,19,25,29-30H,9,13,15,17H2,1-2H3,(H,31,32);1H/t19-,25+;/m1./s1. The van der Waals surface area contributed by atoms with Gasteiger partial charge in [-0.3, -0.25) is 4.79 Å². The van der Waals surface area contributed by atoms with Crippen LogP contribution in [0.25, 0.3) is 0 Å². The number of aliphatic hydroxyl groups is 1. The highest BCUT2D eigenvalue weighted by Gasteiger charge is 2.22. The molecule has 3 aromatic rings. The van der Waals surface area contributed by atoms with Crippen molar-refractivity contribution in [2.45, 2.75) is 55.0 Å². The highest BCUT2D eigenvalue weighted by molar-refractivity contribution is 7.91. The number of hydrogen-bond acceptors (Lipinski definition) is 5. The van der Waals surface area contributed by atoms with E-state index in [1.165, 1.54) is 0 Å². The van der Waals surface area contributed by atoms with Crippen molar-refractivity contribution in [1.29, 1.82) is 0 Å². The molecule has 0 bridgehead atoms. The van der Waals surface area contributed by atoms with E-state index in [0.717, 1.165) is 16.7 Å². The lowest BCUT2D eigenvalue weighted by atomic mass is 10.1. The van der Waals surface area contributed by atoms with Crippen molar-refractivity contribution in [3.63, 3.8) is 0 Å². The predicted octanol–water partition coefficient (Wildman–Crippen LogP) is 5.17. The second-order valence-corrected chi connectivity index (χ2v) is 11.1. The maximum absolute atomic E-state index is 13.3. The Morgan fingerprint density at radius 3 is 2.39 bits per heavy atom. The number of sulfone groups is 1. The van der Waals surface area contributed by atoms with Gasteiger partial charge in [0.25, 0.3) is 0 Å². The Bertz CT molecular complexity index is 1280. The number of aryl methyl sites for hydroxylation is 2. The average Bonchev–Trinajstić information content (AvgIpc) is 2.81. The zero-order valence-corrected chi connectivity index (χ0v) is 22.5. The van der Waals surface area contributed by atoms with Gasteiger partial charge >= 0.3 is 5.97 Å². The van der Waals surface area contributed by atoms with Crippen LogP contribution in [0.4, 0.5) is 0 Å². The lowest BCUT2D eigenvalue weighted by molar-refractivity contribution is -0.136. The molecule has 3 rings (SSSR count). The number of aliphatic carboxylic acids is 1. The average molecular weight is 553 g/mol. The maximum Gasteiger partial charge on any atom is 0.303 e. The smallest absolute Gasteiger partial charge is 0.303 e. The number of hydrogen-bond donors (Lipinski definition) is 3. The largest absolute Gasteiger partial charge is 0.481 e. The summed E-state index contributed by atoms with van der Waals surface area (Å²) in [5.41, 5.74) is 3.08. The fraction of sp³-hybridized carbons (Fsp3) is 0.296. The van der Waals surface area contributed by atoms with Crippen molar-refractivity contribution in [3.05, 3.63) is 94.0 Å². The van der Waals surface area contributed by atoms with Gasteiger partial charge in [-0.25, -0.2) is 8.42 Å². The Morgan fingerprint density at radius 2 is 1.75 bits per heavy atom. The molecule has 0 radical (unpaired) electrons. The number of aliphatic hydroxyl groups excluding tert-OH is 1. The number of carboxylic acids is 1. The van der Waals surface area contributed by atoms with Gasteiger partial charge in [-0.1, -0.05) is 53.6 Å². The first-order valence-electron chi connectivity index (χ1n) is 11.4. The third-order valence-corrected chi connectivity index (χ3v) is 7.89. The van der Waals surface area contributed by atoms with Crippen molar-refractivity contribution in [2.24, 2.45) is 0 Å². The molecule has 0 aromatic heterocycles. The van der Waals surface area contributed by atoms with Gasteiger partial charge in [-0.2, -0.15) is 0 Å². The van der Waals surface area contributed by atoms with Crippen LogP contribution in [0, 0.1) is 6.92 Å². The second-order valence-electron chi connectivity index (χ2n) is 8.74. The van der Waals surface area contributed by atoms with Gasteiger partial charge in [0, 0.05) is 24.0 Å². The minimum atomic E-state index is -3.79. The van der Waals surface area contributed by atoms with Gasteiger partial charge in [-0.05, 0) is 73.7 Å². The molecule has 0 aliphatic carbocycles. The van der Waals surface area contributed by atoms with Crippen molar-refractivity contribution < 1.29 is 23.4 Å².